The van der Waals surface area contributed by atoms with Crippen LogP contribution in [0.5, 0.6) is 0 Å². The summed E-state index contributed by atoms with van der Waals surface area (Å²) in [6.45, 7) is 5.84. The monoisotopic (exact) mass is 450 g/mol. The SMILES string of the molecule is CCCC[C@](C)(CNC(C)=O)N(N)c1nc(N)nc2cc(NC(=O)c3ccccc3)cnc12. The number of carbonyl (C=O) groups excluding carboxylic acids is 2. The lowest BCUT2D eigenvalue weighted by Gasteiger charge is -2.39. The number of carbonyl (C=O) groups is 2. The fraction of sp³-hybridized carbons (Fsp3) is 0.348. The summed E-state index contributed by atoms with van der Waals surface area (Å²) < 4.78 is 0. The number of pyridine rings is 1. The highest BCUT2D eigenvalue weighted by molar-refractivity contribution is 6.05. The van der Waals surface area contributed by atoms with Gasteiger partial charge in [-0.1, -0.05) is 38.0 Å². The second-order valence-electron chi connectivity index (χ2n) is 8.20. The highest BCUT2D eigenvalue weighted by Crippen LogP contribution is 2.30. The normalized spacial score (nSPS) is 12.7. The van der Waals surface area contributed by atoms with Gasteiger partial charge in [0.25, 0.3) is 5.91 Å². The van der Waals surface area contributed by atoms with Crippen molar-refractivity contribution < 1.29 is 9.59 Å². The molecule has 2 aromatic heterocycles. The van der Waals surface area contributed by atoms with E-state index in [-0.39, 0.29) is 17.8 Å². The zero-order valence-electron chi connectivity index (χ0n) is 19.1. The van der Waals surface area contributed by atoms with Crippen LogP contribution in [0.15, 0.2) is 42.6 Å². The number of nitrogens with two attached hydrogens (primary N) is 2. The molecule has 3 aromatic rings. The summed E-state index contributed by atoms with van der Waals surface area (Å²) in [5.41, 5.74) is 7.23. The van der Waals surface area contributed by atoms with Crippen LogP contribution in [-0.2, 0) is 4.79 Å². The Morgan fingerprint density at radius 3 is 2.58 bits per heavy atom. The van der Waals surface area contributed by atoms with Crippen molar-refractivity contribution in [1.82, 2.24) is 20.3 Å². The molecule has 2 amide bonds. The number of hydrogen-bond donors (Lipinski definition) is 4. The Kier molecular flexibility index (Phi) is 7.39. The number of fused-ring (bicyclic) bond motifs is 1. The third-order valence-electron chi connectivity index (χ3n) is 5.43. The molecule has 0 unspecified atom stereocenters. The van der Waals surface area contributed by atoms with E-state index in [2.05, 4.69) is 32.5 Å². The number of anilines is 3. The maximum absolute atomic E-state index is 12.5. The topological polar surface area (TPSA) is 152 Å². The van der Waals surface area contributed by atoms with Gasteiger partial charge in [0.1, 0.15) is 5.52 Å². The fourth-order valence-corrected chi connectivity index (χ4v) is 3.47. The van der Waals surface area contributed by atoms with Gasteiger partial charge in [0.05, 0.1) is 22.9 Å². The third kappa shape index (κ3) is 5.72. The number of nitrogens with zero attached hydrogens (tertiary/aromatic N) is 4. The largest absolute Gasteiger partial charge is 0.368 e. The van der Waals surface area contributed by atoms with E-state index in [1.807, 2.05) is 13.0 Å². The number of aromatic nitrogens is 3. The van der Waals surface area contributed by atoms with Gasteiger partial charge in [-0.15, -0.1) is 0 Å². The van der Waals surface area contributed by atoms with E-state index in [0.29, 0.717) is 34.6 Å². The first-order valence-electron chi connectivity index (χ1n) is 10.8. The number of amides is 2. The second-order valence-corrected chi connectivity index (χ2v) is 8.20. The molecular weight excluding hydrogens is 420 g/mol. The smallest absolute Gasteiger partial charge is 0.255 e. The average molecular weight is 451 g/mol. The Morgan fingerprint density at radius 2 is 1.91 bits per heavy atom. The van der Waals surface area contributed by atoms with Crippen molar-refractivity contribution in [3.63, 3.8) is 0 Å². The van der Waals surface area contributed by atoms with Crippen LogP contribution < -0.4 is 27.2 Å². The third-order valence-corrected chi connectivity index (χ3v) is 5.43. The van der Waals surface area contributed by atoms with E-state index in [4.69, 9.17) is 11.6 Å². The van der Waals surface area contributed by atoms with Gasteiger partial charge in [-0.3, -0.25) is 14.6 Å². The standard InChI is InChI=1S/C23H30N8O2/c1-4-5-11-23(3,14-27-15(2)32)31(25)20-19-18(29-22(24)30-20)12-17(13-26-19)28-21(33)16-9-7-6-8-10-16/h6-10,12-13H,4-5,11,14,25H2,1-3H3,(H,27,32)(H,28,33)(H2,24,29,30)/t23-/m1/s1. The van der Waals surface area contributed by atoms with Crippen molar-refractivity contribution in [3.05, 3.63) is 48.2 Å². The molecule has 0 fully saturated rings. The Labute approximate surface area is 192 Å². The zero-order valence-corrected chi connectivity index (χ0v) is 19.1. The summed E-state index contributed by atoms with van der Waals surface area (Å²) in [5.74, 6) is 6.53. The molecule has 2 heterocycles. The number of hydrogen-bond acceptors (Lipinski definition) is 8. The molecule has 0 saturated heterocycles. The Balaban J connectivity index is 1.95. The lowest BCUT2D eigenvalue weighted by atomic mass is 9.93. The van der Waals surface area contributed by atoms with Gasteiger partial charge >= 0.3 is 0 Å². The molecule has 0 aliphatic carbocycles. The van der Waals surface area contributed by atoms with Crippen LogP contribution in [0, 0.1) is 0 Å². The summed E-state index contributed by atoms with van der Waals surface area (Å²) in [6.07, 6.45) is 4.12. The lowest BCUT2D eigenvalue weighted by Crippen LogP contribution is -2.57. The van der Waals surface area contributed by atoms with Crippen molar-refractivity contribution in [2.75, 3.05) is 22.6 Å². The van der Waals surface area contributed by atoms with Crippen LogP contribution in [0.1, 0.15) is 50.4 Å². The number of hydrazine groups is 1. The summed E-state index contributed by atoms with van der Waals surface area (Å²) in [7, 11) is 0. The van der Waals surface area contributed by atoms with Crippen molar-refractivity contribution in [1.29, 1.82) is 0 Å². The molecule has 10 heteroatoms. The van der Waals surface area contributed by atoms with Gasteiger partial charge in [-0.05, 0) is 31.5 Å². The number of unbranched alkanes of at least 4 members (excludes halogenated alkanes) is 1. The van der Waals surface area contributed by atoms with Gasteiger partial charge in [-0.2, -0.15) is 4.98 Å². The summed E-state index contributed by atoms with van der Waals surface area (Å²) in [5, 5.41) is 7.17. The van der Waals surface area contributed by atoms with Crippen molar-refractivity contribution in [2.45, 2.75) is 45.6 Å². The van der Waals surface area contributed by atoms with E-state index >= 15 is 0 Å². The van der Waals surface area contributed by atoms with Gasteiger partial charge < -0.3 is 16.4 Å². The van der Waals surface area contributed by atoms with E-state index < -0.39 is 5.54 Å². The van der Waals surface area contributed by atoms with Crippen LogP contribution in [0.25, 0.3) is 11.0 Å². The minimum atomic E-state index is -0.628. The number of nitrogen functional groups attached to an aromatic ring is 1. The minimum absolute atomic E-state index is 0.0265. The first kappa shape index (κ1) is 23.9. The molecule has 0 spiro atoms. The highest BCUT2D eigenvalue weighted by atomic mass is 16.2. The van der Waals surface area contributed by atoms with Crippen LogP contribution in [0.3, 0.4) is 0 Å². The van der Waals surface area contributed by atoms with Crippen LogP contribution >= 0.6 is 0 Å². The summed E-state index contributed by atoms with van der Waals surface area (Å²) in [6, 6.07) is 10.5. The summed E-state index contributed by atoms with van der Waals surface area (Å²) >= 11 is 0. The van der Waals surface area contributed by atoms with Crippen LogP contribution in [0.2, 0.25) is 0 Å². The van der Waals surface area contributed by atoms with Gasteiger partial charge in [-0.25, -0.2) is 15.8 Å². The van der Waals surface area contributed by atoms with E-state index in [9.17, 15) is 9.59 Å². The van der Waals surface area contributed by atoms with Gasteiger partial charge in [0.15, 0.2) is 5.82 Å². The fourth-order valence-electron chi connectivity index (χ4n) is 3.47. The Hall–Kier alpha value is -3.79. The molecule has 10 nitrogen and oxygen atoms in total. The predicted octanol–water partition coefficient (Wildman–Crippen LogP) is 2.62. The molecule has 0 bridgehead atoms. The zero-order chi connectivity index (χ0) is 24.0. The quantitative estimate of drug-likeness (QED) is 0.287. The Bertz CT molecular complexity index is 1140. The highest BCUT2D eigenvalue weighted by Gasteiger charge is 2.33. The molecule has 6 N–H and O–H groups in total. The summed E-state index contributed by atoms with van der Waals surface area (Å²) in [4.78, 5) is 37.1. The number of nitrogens with one attached hydrogen (secondary N) is 2. The van der Waals surface area contributed by atoms with Gasteiger partial charge in [0, 0.05) is 19.0 Å². The van der Waals surface area contributed by atoms with E-state index in [1.54, 1.807) is 30.3 Å². The second kappa shape index (κ2) is 10.2. The predicted molar refractivity (Wildman–Crippen MR) is 129 cm³/mol. The molecule has 174 valence electrons. The van der Waals surface area contributed by atoms with E-state index in [1.165, 1.54) is 18.1 Å². The van der Waals surface area contributed by atoms with Crippen LogP contribution in [0.4, 0.5) is 17.5 Å². The molecule has 0 aliphatic heterocycles. The molecule has 0 aliphatic rings. The molecule has 1 atom stereocenters. The first-order chi connectivity index (χ1) is 15.7. The lowest BCUT2D eigenvalue weighted by molar-refractivity contribution is -0.119. The molecular formula is C23H30N8O2. The molecule has 1 aromatic carbocycles. The van der Waals surface area contributed by atoms with Gasteiger partial charge in [0.2, 0.25) is 11.9 Å². The number of benzene rings is 1. The molecule has 33 heavy (non-hydrogen) atoms. The maximum atomic E-state index is 12.5. The number of rotatable bonds is 9. The van der Waals surface area contributed by atoms with Crippen LogP contribution in [-0.4, -0.2) is 38.8 Å². The van der Waals surface area contributed by atoms with Crippen molar-refractivity contribution in [3.8, 4) is 0 Å². The average Bonchev–Trinajstić information content (AvgIpc) is 2.80. The first-order valence-corrected chi connectivity index (χ1v) is 10.8. The molecule has 0 radical (unpaired) electrons. The maximum Gasteiger partial charge on any atom is 0.255 e. The van der Waals surface area contributed by atoms with Crippen molar-refractivity contribution >= 4 is 40.3 Å². The van der Waals surface area contributed by atoms with Crippen molar-refractivity contribution in [2.24, 2.45) is 5.84 Å². The van der Waals surface area contributed by atoms with E-state index in [0.717, 1.165) is 19.3 Å². The Morgan fingerprint density at radius 1 is 1.18 bits per heavy atom. The molecule has 3 rings (SSSR count). The molecule has 0 saturated carbocycles. The minimum Gasteiger partial charge on any atom is -0.368 e.